The van der Waals surface area contributed by atoms with E-state index in [-0.39, 0.29) is 0 Å². The van der Waals surface area contributed by atoms with Crippen molar-refractivity contribution in [2.75, 3.05) is 19.8 Å². The number of hydrogen-bond donors (Lipinski definition) is 0. The van der Waals surface area contributed by atoms with Gasteiger partial charge in [-0.15, -0.1) is 0 Å². The molecule has 0 aliphatic carbocycles. The summed E-state index contributed by atoms with van der Waals surface area (Å²) in [7, 11) is 0. The highest BCUT2D eigenvalue weighted by atomic mass is 16.7. The van der Waals surface area contributed by atoms with E-state index in [4.69, 9.17) is 14.3 Å². The lowest BCUT2D eigenvalue weighted by Crippen LogP contribution is -2.24. The molecular weight excluding hydrogens is 342 g/mol. The largest absolute Gasteiger partial charge is 0.395 e. The van der Waals surface area contributed by atoms with Gasteiger partial charge in [-0.05, 0) is 50.6 Å². The van der Waals surface area contributed by atoms with E-state index >= 15 is 0 Å². The van der Waals surface area contributed by atoms with Crippen LogP contribution in [0.5, 0.6) is 0 Å². The number of aromatic nitrogens is 2. The maximum absolute atomic E-state index is 5.67. The van der Waals surface area contributed by atoms with Crippen LogP contribution in [0.4, 0.5) is 0 Å². The second-order valence-electron chi connectivity index (χ2n) is 6.58. The summed E-state index contributed by atoms with van der Waals surface area (Å²) >= 11 is 0. The van der Waals surface area contributed by atoms with Gasteiger partial charge >= 0.3 is 0 Å². The molecule has 0 atom stereocenters. The molecule has 6 nitrogen and oxygen atoms in total. The maximum Gasteiger partial charge on any atom is 0.209 e. The molecule has 2 aromatic rings. The van der Waals surface area contributed by atoms with Crippen molar-refractivity contribution in [3.63, 3.8) is 0 Å². The van der Waals surface area contributed by atoms with Crippen LogP contribution in [-0.2, 0) is 20.1 Å². The van der Waals surface area contributed by atoms with E-state index < -0.39 is 5.79 Å². The fraction of sp³-hybridized carbons (Fsp3) is 0.381. The average molecular weight is 367 g/mol. The lowest BCUT2D eigenvalue weighted by atomic mass is 10.1. The fourth-order valence-electron chi connectivity index (χ4n) is 2.78. The van der Waals surface area contributed by atoms with Crippen LogP contribution in [0.1, 0.15) is 43.0 Å². The first-order valence-electron chi connectivity index (χ1n) is 9.02. The average Bonchev–Trinajstić information content (AvgIpc) is 3.13. The Labute approximate surface area is 159 Å². The zero-order valence-corrected chi connectivity index (χ0v) is 16.1. The lowest BCUT2D eigenvalue weighted by molar-refractivity contribution is -0.152. The summed E-state index contributed by atoms with van der Waals surface area (Å²) in [6.45, 7) is 11.4. The van der Waals surface area contributed by atoms with Gasteiger partial charge in [0.15, 0.2) is 0 Å². The summed E-state index contributed by atoms with van der Waals surface area (Å²) in [4.78, 5) is 14.5. The number of nitrogens with zero attached hydrogens (tertiary/aromatic N) is 3. The minimum Gasteiger partial charge on any atom is -0.395 e. The Morgan fingerprint density at radius 1 is 1.15 bits per heavy atom. The molecule has 142 valence electrons. The molecule has 0 spiro atoms. The second-order valence-corrected chi connectivity index (χ2v) is 6.58. The van der Waals surface area contributed by atoms with Crippen LogP contribution in [0.2, 0.25) is 0 Å². The van der Waals surface area contributed by atoms with Crippen LogP contribution in [0, 0.1) is 6.92 Å². The third kappa shape index (κ3) is 4.78. The Morgan fingerprint density at radius 3 is 2.59 bits per heavy atom. The van der Waals surface area contributed by atoms with Crippen molar-refractivity contribution < 1.29 is 14.3 Å². The summed E-state index contributed by atoms with van der Waals surface area (Å²) in [5.41, 5.74) is 4.93. The number of oxime groups is 1. The highest BCUT2D eigenvalue weighted by Gasteiger charge is 2.34. The Morgan fingerprint density at radius 2 is 1.85 bits per heavy atom. The quantitative estimate of drug-likeness (QED) is 0.422. The number of rotatable bonds is 7. The molecule has 1 saturated heterocycles. The van der Waals surface area contributed by atoms with Crippen LogP contribution < -0.4 is 0 Å². The van der Waals surface area contributed by atoms with E-state index in [0.717, 1.165) is 34.1 Å². The summed E-state index contributed by atoms with van der Waals surface area (Å²) in [6, 6.07) is 11.6. The van der Waals surface area contributed by atoms with Gasteiger partial charge < -0.3 is 14.3 Å². The molecule has 1 aliphatic rings. The zero-order valence-electron chi connectivity index (χ0n) is 16.1. The van der Waals surface area contributed by atoms with Crippen molar-refractivity contribution in [2.45, 2.75) is 33.0 Å². The van der Waals surface area contributed by atoms with E-state index in [9.17, 15) is 0 Å². The van der Waals surface area contributed by atoms with Crippen LogP contribution in [0.25, 0.3) is 5.57 Å². The van der Waals surface area contributed by atoms with E-state index in [1.54, 1.807) is 0 Å². The van der Waals surface area contributed by atoms with Crippen molar-refractivity contribution in [1.82, 2.24) is 9.97 Å². The van der Waals surface area contributed by atoms with Gasteiger partial charge in [0.2, 0.25) is 5.79 Å². The standard InChI is InChI=1S/C21H25N3O3/c1-15(11-12-27-24-17(3)19-9-5-7-16(2)22-19)18-8-6-10-20(23-18)21(4)25-13-14-26-21/h5-10H,1,11-14H2,2-4H3/b24-17-. The molecule has 0 radical (unpaired) electrons. The summed E-state index contributed by atoms with van der Waals surface area (Å²) in [5, 5.41) is 4.15. The van der Waals surface area contributed by atoms with Gasteiger partial charge in [-0.2, -0.15) is 0 Å². The molecule has 3 rings (SSSR count). The second kappa shape index (κ2) is 8.41. The molecule has 3 heterocycles. The molecule has 0 aromatic carbocycles. The lowest BCUT2D eigenvalue weighted by Gasteiger charge is -2.22. The first-order chi connectivity index (χ1) is 13.0. The molecular formula is C21H25N3O3. The molecule has 0 N–H and O–H groups in total. The first-order valence-corrected chi connectivity index (χ1v) is 9.02. The normalized spacial score (nSPS) is 16.3. The van der Waals surface area contributed by atoms with Gasteiger partial charge in [-0.3, -0.25) is 4.98 Å². The monoisotopic (exact) mass is 367 g/mol. The predicted molar refractivity (Wildman–Crippen MR) is 104 cm³/mol. The molecule has 0 saturated carbocycles. The molecule has 2 aromatic heterocycles. The zero-order chi connectivity index (χ0) is 19.3. The maximum atomic E-state index is 5.67. The predicted octanol–water partition coefficient (Wildman–Crippen LogP) is 3.85. The van der Waals surface area contributed by atoms with Crippen LogP contribution in [0.3, 0.4) is 0 Å². The smallest absolute Gasteiger partial charge is 0.209 e. The number of hydrogen-bond acceptors (Lipinski definition) is 6. The minimum absolute atomic E-state index is 0.415. The Hall–Kier alpha value is -2.57. The van der Waals surface area contributed by atoms with Gasteiger partial charge in [0, 0.05) is 12.1 Å². The Bertz CT molecular complexity index is 842. The SMILES string of the molecule is C=C(CCO/N=C(/C)c1cccc(C)n1)c1cccc(C2(C)OCCO2)n1. The molecule has 1 aliphatic heterocycles. The molecule has 6 heteroatoms. The summed E-state index contributed by atoms with van der Waals surface area (Å²) < 4.78 is 11.3. The van der Waals surface area contributed by atoms with Gasteiger partial charge in [0.05, 0.1) is 30.3 Å². The molecule has 0 bridgehead atoms. The summed E-state index contributed by atoms with van der Waals surface area (Å²) in [5.74, 6) is -0.783. The third-order valence-corrected chi connectivity index (χ3v) is 4.37. The third-order valence-electron chi connectivity index (χ3n) is 4.37. The number of ether oxygens (including phenoxy) is 2. The Kier molecular flexibility index (Phi) is 5.98. The highest BCUT2D eigenvalue weighted by Crippen LogP contribution is 2.30. The van der Waals surface area contributed by atoms with Crippen molar-refractivity contribution >= 4 is 11.3 Å². The van der Waals surface area contributed by atoms with E-state index in [2.05, 4.69) is 21.7 Å². The van der Waals surface area contributed by atoms with Crippen molar-refractivity contribution in [1.29, 1.82) is 0 Å². The van der Waals surface area contributed by atoms with Crippen LogP contribution in [-0.4, -0.2) is 35.5 Å². The van der Waals surface area contributed by atoms with Crippen LogP contribution >= 0.6 is 0 Å². The van der Waals surface area contributed by atoms with Crippen molar-refractivity contribution in [3.05, 3.63) is 65.8 Å². The minimum atomic E-state index is -0.783. The van der Waals surface area contributed by atoms with E-state index in [0.29, 0.717) is 26.2 Å². The highest BCUT2D eigenvalue weighted by molar-refractivity contribution is 5.96. The number of pyridine rings is 2. The van der Waals surface area contributed by atoms with Gasteiger partial charge in [0.25, 0.3) is 0 Å². The topological polar surface area (TPSA) is 65.8 Å². The van der Waals surface area contributed by atoms with Crippen molar-refractivity contribution in [2.24, 2.45) is 5.16 Å². The summed E-state index contributed by atoms with van der Waals surface area (Å²) in [6.07, 6.45) is 0.618. The number of aryl methyl sites for hydroxylation is 1. The van der Waals surface area contributed by atoms with E-state index in [1.165, 1.54) is 0 Å². The van der Waals surface area contributed by atoms with Crippen LogP contribution in [0.15, 0.2) is 48.1 Å². The Balaban J connectivity index is 1.56. The van der Waals surface area contributed by atoms with Gasteiger partial charge in [-0.25, -0.2) is 4.98 Å². The molecule has 27 heavy (non-hydrogen) atoms. The van der Waals surface area contributed by atoms with Gasteiger partial charge in [0.1, 0.15) is 12.3 Å². The fourth-order valence-corrected chi connectivity index (χ4v) is 2.78. The molecule has 0 unspecified atom stereocenters. The molecule has 1 fully saturated rings. The molecule has 0 amide bonds. The van der Waals surface area contributed by atoms with Crippen molar-refractivity contribution in [3.8, 4) is 0 Å². The first kappa shape index (κ1) is 19.2. The van der Waals surface area contributed by atoms with E-state index in [1.807, 2.05) is 57.2 Å². The van der Waals surface area contributed by atoms with Gasteiger partial charge in [-0.1, -0.05) is 23.9 Å².